The molecular weight excluding hydrogens is 230 g/mol. The molecule has 0 radical (unpaired) electrons. The molecular formula is C10H6ClN3S. The topological polar surface area (TPSA) is 30.2 Å². The van der Waals surface area contributed by atoms with Crippen molar-refractivity contribution in [2.75, 3.05) is 0 Å². The van der Waals surface area contributed by atoms with Crippen LogP contribution in [0.25, 0.3) is 16.9 Å². The molecule has 0 aliphatic carbocycles. The first-order valence-corrected chi connectivity index (χ1v) is 5.68. The molecule has 0 N–H and O–H groups in total. The van der Waals surface area contributed by atoms with Gasteiger partial charge in [-0.05, 0) is 11.4 Å². The zero-order chi connectivity index (χ0) is 10.3. The molecule has 0 aromatic carbocycles. The fourth-order valence-corrected chi connectivity index (χ4v) is 2.28. The molecule has 0 fully saturated rings. The Hall–Kier alpha value is -1.39. The van der Waals surface area contributed by atoms with Crippen molar-refractivity contribution in [3.8, 4) is 11.3 Å². The monoisotopic (exact) mass is 235 g/mol. The van der Waals surface area contributed by atoms with Gasteiger partial charge in [0.1, 0.15) is 0 Å². The van der Waals surface area contributed by atoms with Gasteiger partial charge in [0.15, 0.2) is 10.8 Å². The summed E-state index contributed by atoms with van der Waals surface area (Å²) in [4.78, 5) is 8.42. The van der Waals surface area contributed by atoms with Crippen molar-refractivity contribution in [3.63, 3.8) is 0 Å². The van der Waals surface area contributed by atoms with Crippen LogP contribution in [0.1, 0.15) is 0 Å². The fourth-order valence-electron chi connectivity index (χ4n) is 1.44. The Balaban J connectivity index is 2.27. The van der Waals surface area contributed by atoms with Gasteiger partial charge in [0.25, 0.3) is 0 Å². The fraction of sp³-hybridized carbons (Fsp3) is 0. The summed E-state index contributed by atoms with van der Waals surface area (Å²) in [6.07, 6.45) is 5.45. The van der Waals surface area contributed by atoms with Gasteiger partial charge >= 0.3 is 0 Å². The van der Waals surface area contributed by atoms with Gasteiger partial charge in [0, 0.05) is 29.5 Å². The lowest BCUT2D eigenvalue weighted by atomic mass is 10.3. The maximum atomic E-state index is 5.94. The molecule has 3 heterocycles. The van der Waals surface area contributed by atoms with Gasteiger partial charge in [-0.25, -0.2) is 9.97 Å². The third-order valence-electron chi connectivity index (χ3n) is 2.15. The lowest BCUT2D eigenvalue weighted by Crippen LogP contribution is -1.84. The van der Waals surface area contributed by atoms with Gasteiger partial charge in [0.05, 0.1) is 5.69 Å². The highest BCUT2D eigenvalue weighted by Crippen LogP contribution is 2.23. The second kappa shape index (κ2) is 3.32. The third-order valence-corrected chi connectivity index (χ3v) is 3.10. The molecule has 0 unspecified atom stereocenters. The van der Waals surface area contributed by atoms with Crippen LogP contribution < -0.4 is 0 Å². The summed E-state index contributed by atoms with van der Waals surface area (Å²) in [5.74, 6) is 0. The minimum absolute atomic E-state index is 0.430. The highest BCUT2D eigenvalue weighted by atomic mass is 35.5. The number of aromatic nitrogens is 3. The van der Waals surface area contributed by atoms with Crippen LogP contribution in [0, 0.1) is 0 Å². The summed E-state index contributed by atoms with van der Waals surface area (Å²) in [5.41, 5.74) is 2.73. The van der Waals surface area contributed by atoms with Gasteiger partial charge in [-0.15, -0.1) is 0 Å². The van der Waals surface area contributed by atoms with Crippen LogP contribution >= 0.6 is 22.9 Å². The molecule has 5 heteroatoms. The maximum Gasteiger partial charge on any atom is 0.175 e. The van der Waals surface area contributed by atoms with Crippen LogP contribution in [0.2, 0.25) is 5.15 Å². The summed E-state index contributed by atoms with van der Waals surface area (Å²) < 4.78 is 1.88. The van der Waals surface area contributed by atoms with Crippen molar-refractivity contribution in [2.24, 2.45) is 0 Å². The van der Waals surface area contributed by atoms with Gasteiger partial charge in [-0.1, -0.05) is 11.6 Å². The quantitative estimate of drug-likeness (QED) is 0.649. The SMILES string of the molecule is Clc1nccn2cc(-c3ccsc3)nc12. The lowest BCUT2D eigenvalue weighted by Gasteiger charge is -1.91. The third kappa shape index (κ3) is 1.42. The minimum atomic E-state index is 0.430. The van der Waals surface area contributed by atoms with Crippen LogP contribution in [-0.2, 0) is 0 Å². The van der Waals surface area contributed by atoms with Gasteiger partial charge in [-0.3, -0.25) is 0 Å². The molecule has 0 spiro atoms. The van der Waals surface area contributed by atoms with Crippen LogP contribution in [-0.4, -0.2) is 14.4 Å². The van der Waals surface area contributed by atoms with Crippen LogP contribution in [0.3, 0.4) is 0 Å². The Morgan fingerprint density at radius 3 is 3.07 bits per heavy atom. The number of rotatable bonds is 1. The van der Waals surface area contributed by atoms with Gasteiger partial charge in [0.2, 0.25) is 0 Å². The van der Waals surface area contributed by atoms with E-state index in [-0.39, 0.29) is 0 Å². The predicted molar refractivity (Wildman–Crippen MR) is 61.3 cm³/mol. The Kier molecular flexibility index (Phi) is 1.97. The molecule has 0 saturated carbocycles. The molecule has 0 atom stereocenters. The highest BCUT2D eigenvalue weighted by molar-refractivity contribution is 7.08. The van der Waals surface area contributed by atoms with Crippen molar-refractivity contribution < 1.29 is 0 Å². The summed E-state index contributed by atoms with van der Waals surface area (Å²) in [6.45, 7) is 0. The molecule has 0 amide bonds. The zero-order valence-electron chi connectivity index (χ0n) is 7.59. The molecule has 3 aromatic rings. The van der Waals surface area contributed by atoms with Crippen molar-refractivity contribution in [1.29, 1.82) is 0 Å². The predicted octanol–water partition coefficient (Wildman–Crippen LogP) is 3.11. The first-order valence-electron chi connectivity index (χ1n) is 4.36. The molecule has 3 aromatic heterocycles. The standard InChI is InChI=1S/C10H6ClN3S/c11-9-10-13-8(7-1-4-15-6-7)5-14(10)3-2-12-9/h1-6H. The van der Waals surface area contributed by atoms with Crippen LogP contribution in [0.15, 0.2) is 35.4 Å². The first kappa shape index (κ1) is 8.88. The Bertz CT molecular complexity index is 600. The van der Waals surface area contributed by atoms with Gasteiger partial charge < -0.3 is 4.40 Å². The van der Waals surface area contributed by atoms with E-state index in [9.17, 15) is 0 Å². The summed E-state index contributed by atoms with van der Waals surface area (Å²) in [7, 11) is 0. The van der Waals surface area contributed by atoms with Crippen molar-refractivity contribution in [1.82, 2.24) is 14.4 Å². The van der Waals surface area contributed by atoms with E-state index in [0.29, 0.717) is 10.8 Å². The summed E-state index contributed by atoms with van der Waals surface area (Å²) in [5, 5.41) is 4.52. The number of thiophene rings is 1. The second-order valence-electron chi connectivity index (χ2n) is 3.09. The Morgan fingerprint density at radius 2 is 2.33 bits per heavy atom. The molecule has 0 aliphatic rings. The van der Waals surface area contributed by atoms with Crippen molar-refractivity contribution >= 4 is 28.6 Å². The van der Waals surface area contributed by atoms with E-state index in [0.717, 1.165) is 11.3 Å². The number of hydrogen-bond acceptors (Lipinski definition) is 3. The molecule has 0 saturated heterocycles. The second-order valence-corrected chi connectivity index (χ2v) is 4.23. The normalized spacial score (nSPS) is 11.0. The lowest BCUT2D eigenvalue weighted by molar-refractivity contribution is 1.13. The molecule has 3 nitrogen and oxygen atoms in total. The van der Waals surface area contributed by atoms with Crippen LogP contribution in [0.5, 0.6) is 0 Å². The molecule has 3 rings (SSSR count). The first-order chi connectivity index (χ1) is 7.34. The summed E-state index contributed by atoms with van der Waals surface area (Å²) in [6, 6.07) is 2.04. The van der Waals surface area contributed by atoms with Gasteiger partial charge in [-0.2, -0.15) is 11.3 Å². The molecule has 0 aliphatic heterocycles. The molecule has 15 heavy (non-hydrogen) atoms. The van der Waals surface area contributed by atoms with Crippen molar-refractivity contribution in [2.45, 2.75) is 0 Å². The van der Waals surface area contributed by atoms with E-state index < -0.39 is 0 Å². The Morgan fingerprint density at radius 1 is 1.40 bits per heavy atom. The number of nitrogens with zero attached hydrogens (tertiary/aromatic N) is 3. The molecule has 74 valence electrons. The summed E-state index contributed by atoms with van der Waals surface area (Å²) >= 11 is 7.59. The number of fused-ring (bicyclic) bond motifs is 1. The molecule has 0 bridgehead atoms. The van der Waals surface area contributed by atoms with Crippen molar-refractivity contribution in [3.05, 3.63) is 40.6 Å². The van der Waals surface area contributed by atoms with E-state index in [4.69, 9.17) is 11.6 Å². The van der Waals surface area contributed by atoms with E-state index >= 15 is 0 Å². The van der Waals surface area contributed by atoms with E-state index in [1.807, 2.05) is 28.2 Å². The Labute approximate surface area is 95.0 Å². The highest BCUT2D eigenvalue weighted by Gasteiger charge is 2.07. The van der Waals surface area contributed by atoms with Crippen LogP contribution in [0.4, 0.5) is 0 Å². The number of imidazole rings is 1. The average molecular weight is 236 g/mol. The van der Waals surface area contributed by atoms with E-state index in [1.165, 1.54) is 0 Å². The minimum Gasteiger partial charge on any atom is -0.302 e. The maximum absolute atomic E-state index is 5.94. The largest absolute Gasteiger partial charge is 0.302 e. The smallest absolute Gasteiger partial charge is 0.175 e. The number of halogens is 1. The zero-order valence-corrected chi connectivity index (χ0v) is 9.16. The number of hydrogen-bond donors (Lipinski definition) is 0. The van der Waals surface area contributed by atoms with E-state index in [2.05, 4.69) is 15.3 Å². The average Bonchev–Trinajstić information content (AvgIpc) is 2.86. The van der Waals surface area contributed by atoms with E-state index in [1.54, 1.807) is 17.5 Å².